The maximum atomic E-state index is 11.3. The number of benzene rings is 1. The van der Waals surface area contributed by atoms with Crippen LogP contribution in [-0.2, 0) is 15.9 Å². The van der Waals surface area contributed by atoms with Crippen LogP contribution in [0, 0.1) is 30.1 Å². The lowest BCUT2D eigenvalue weighted by Crippen LogP contribution is -2.53. The molecule has 3 heteroatoms. The van der Waals surface area contributed by atoms with Crippen LogP contribution in [0.1, 0.15) is 62.1 Å². The average Bonchev–Trinajstić information content (AvgIpc) is 3.18. The van der Waals surface area contributed by atoms with E-state index >= 15 is 0 Å². The topological polar surface area (TPSA) is 38.7 Å². The third-order valence-corrected chi connectivity index (χ3v) is 8.35. The minimum Gasteiger partial charge on any atom is -0.392 e. The van der Waals surface area contributed by atoms with Gasteiger partial charge in [0.2, 0.25) is 0 Å². The molecule has 4 unspecified atom stereocenters. The number of ether oxygens (including phenoxy) is 2. The van der Waals surface area contributed by atoms with Crippen molar-refractivity contribution in [2.24, 2.45) is 23.2 Å². The first-order valence-corrected chi connectivity index (χ1v) is 10.5. The molecule has 1 aromatic rings. The van der Waals surface area contributed by atoms with Gasteiger partial charge in [-0.2, -0.15) is 0 Å². The molecule has 26 heavy (non-hydrogen) atoms. The Morgan fingerprint density at radius 1 is 1.08 bits per heavy atom. The second-order valence-electron chi connectivity index (χ2n) is 9.66. The summed E-state index contributed by atoms with van der Waals surface area (Å²) in [5.41, 5.74) is 4.34. The molecule has 1 saturated heterocycles. The first kappa shape index (κ1) is 17.2. The minimum atomic E-state index is -0.459. The van der Waals surface area contributed by atoms with Crippen molar-refractivity contribution >= 4 is 0 Å². The molecule has 142 valence electrons. The Morgan fingerprint density at radius 2 is 1.85 bits per heavy atom. The zero-order valence-electron chi connectivity index (χ0n) is 16.3. The number of rotatable bonds is 1. The summed E-state index contributed by atoms with van der Waals surface area (Å²) in [5.74, 6) is 1.50. The largest absolute Gasteiger partial charge is 0.392 e. The fourth-order valence-corrected chi connectivity index (χ4v) is 7.38. The number of aliphatic hydroxyl groups is 1. The Morgan fingerprint density at radius 3 is 2.62 bits per heavy atom. The molecule has 4 aliphatic rings. The molecule has 1 aliphatic heterocycles. The van der Waals surface area contributed by atoms with E-state index < -0.39 is 5.79 Å². The summed E-state index contributed by atoms with van der Waals surface area (Å²) in [6.07, 6.45) is 5.40. The lowest BCUT2D eigenvalue weighted by molar-refractivity contribution is -0.216. The summed E-state index contributed by atoms with van der Waals surface area (Å²) in [4.78, 5) is 0. The maximum absolute atomic E-state index is 11.3. The van der Waals surface area contributed by atoms with Crippen molar-refractivity contribution in [1.82, 2.24) is 0 Å². The van der Waals surface area contributed by atoms with Crippen LogP contribution in [0.25, 0.3) is 0 Å². The van der Waals surface area contributed by atoms with E-state index in [0.717, 1.165) is 19.3 Å². The lowest BCUT2D eigenvalue weighted by Gasteiger charge is -2.54. The van der Waals surface area contributed by atoms with E-state index in [2.05, 4.69) is 39.0 Å². The number of aliphatic hydroxyl groups excluding tert-OH is 1. The van der Waals surface area contributed by atoms with Gasteiger partial charge in [-0.15, -0.1) is 0 Å². The summed E-state index contributed by atoms with van der Waals surface area (Å²) in [6.45, 7) is 8.13. The highest BCUT2D eigenvalue weighted by Gasteiger charge is 2.62. The van der Waals surface area contributed by atoms with E-state index in [0.29, 0.717) is 36.9 Å². The Hall–Kier alpha value is -0.900. The molecule has 3 fully saturated rings. The quantitative estimate of drug-likeness (QED) is 0.819. The summed E-state index contributed by atoms with van der Waals surface area (Å²) < 4.78 is 12.2. The lowest BCUT2D eigenvalue weighted by atomic mass is 9.52. The summed E-state index contributed by atoms with van der Waals surface area (Å²) in [5, 5.41) is 11.3. The normalized spacial score (nSPS) is 43.6. The molecular weight excluding hydrogens is 324 g/mol. The predicted molar refractivity (Wildman–Crippen MR) is 101 cm³/mol. The molecule has 5 rings (SSSR count). The van der Waals surface area contributed by atoms with Crippen LogP contribution in [0.2, 0.25) is 0 Å². The van der Waals surface area contributed by atoms with Crippen LogP contribution in [0.4, 0.5) is 0 Å². The van der Waals surface area contributed by atoms with Crippen molar-refractivity contribution in [3.63, 3.8) is 0 Å². The molecule has 0 spiro atoms. The second-order valence-corrected chi connectivity index (χ2v) is 9.66. The van der Waals surface area contributed by atoms with Crippen LogP contribution >= 0.6 is 0 Å². The summed E-state index contributed by atoms with van der Waals surface area (Å²) in [7, 11) is 0. The molecule has 0 aromatic heterocycles. The van der Waals surface area contributed by atoms with E-state index in [-0.39, 0.29) is 11.5 Å². The first-order valence-electron chi connectivity index (χ1n) is 10.5. The minimum absolute atomic E-state index is 0.113. The molecular formula is C23H32O3. The molecule has 3 nitrogen and oxygen atoms in total. The third-order valence-electron chi connectivity index (χ3n) is 8.35. The van der Waals surface area contributed by atoms with Gasteiger partial charge in [-0.05, 0) is 74.3 Å². The van der Waals surface area contributed by atoms with Crippen LogP contribution in [0.5, 0.6) is 0 Å². The number of hydrogen-bond acceptors (Lipinski definition) is 3. The Labute approximate surface area is 157 Å². The Balaban J connectivity index is 1.51. The van der Waals surface area contributed by atoms with Gasteiger partial charge in [-0.1, -0.05) is 30.7 Å². The van der Waals surface area contributed by atoms with Crippen LogP contribution in [0.3, 0.4) is 0 Å². The van der Waals surface area contributed by atoms with Gasteiger partial charge in [0.25, 0.3) is 0 Å². The molecule has 6 atom stereocenters. The van der Waals surface area contributed by atoms with Crippen molar-refractivity contribution in [3.8, 4) is 0 Å². The summed E-state index contributed by atoms with van der Waals surface area (Å²) in [6, 6.07) is 6.86. The van der Waals surface area contributed by atoms with Crippen molar-refractivity contribution in [1.29, 1.82) is 0 Å². The Kier molecular flexibility index (Phi) is 3.84. The molecule has 1 aromatic carbocycles. The molecule has 0 radical (unpaired) electrons. The zero-order valence-corrected chi connectivity index (χ0v) is 16.3. The van der Waals surface area contributed by atoms with Gasteiger partial charge in [0.15, 0.2) is 5.79 Å². The molecule has 1 heterocycles. The highest BCUT2D eigenvalue weighted by molar-refractivity contribution is 5.38. The van der Waals surface area contributed by atoms with Gasteiger partial charge in [-0.3, -0.25) is 0 Å². The van der Waals surface area contributed by atoms with Crippen molar-refractivity contribution < 1.29 is 14.6 Å². The van der Waals surface area contributed by atoms with E-state index in [9.17, 15) is 5.11 Å². The van der Waals surface area contributed by atoms with Crippen LogP contribution < -0.4 is 0 Å². The van der Waals surface area contributed by atoms with Crippen molar-refractivity contribution in [3.05, 3.63) is 34.9 Å². The van der Waals surface area contributed by atoms with Gasteiger partial charge >= 0.3 is 0 Å². The van der Waals surface area contributed by atoms with Gasteiger partial charge < -0.3 is 14.6 Å². The van der Waals surface area contributed by atoms with Gasteiger partial charge in [0.05, 0.1) is 19.3 Å². The standard InChI is InChI=1S/C23H32O3/c1-14-4-6-16-15(12-14)5-7-17-18-8-9-20(23(3)25-10-11-26-23)22(18,2)13-19(24)21(16)17/h4,6,12,17-21,24H,5,7-11,13H2,1-3H3/t17?,18?,19-,20?,21?,22-/m0/s1. The smallest absolute Gasteiger partial charge is 0.169 e. The average molecular weight is 357 g/mol. The molecule has 2 saturated carbocycles. The predicted octanol–water partition coefficient (Wildman–Crippen LogP) is 4.20. The SMILES string of the molecule is Cc1ccc2c(c1)CCC1C2[C@@H](O)C[C@@]2(C)C1CCC2C1(C)OCCO1. The van der Waals surface area contributed by atoms with E-state index in [1.165, 1.54) is 29.5 Å². The van der Waals surface area contributed by atoms with Crippen LogP contribution in [0.15, 0.2) is 18.2 Å². The highest BCUT2D eigenvalue weighted by Crippen LogP contribution is 2.65. The zero-order chi connectivity index (χ0) is 18.1. The highest BCUT2D eigenvalue weighted by atomic mass is 16.7. The van der Waals surface area contributed by atoms with E-state index in [1.54, 1.807) is 0 Å². The number of hydrogen-bond donors (Lipinski definition) is 1. The van der Waals surface area contributed by atoms with Gasteiger partial charge in [0, 0.05) is 11.8 Å². The van der Waals surface area contributed by atoms with Crippen LogP contribution in [-0.4, -0.2) is 30.2 Å². The fraction of sp³-hybridized carbons (Fsp3) is 0.739. The molecule has 0 amide bonds. The third kappa shape index (κ3) is 2.30. The van der Waals surface area contributed by atoms with E-state index in [4.69, 9.17) is 9.47 Å². The van der Waals surface area contributed by atoms with E-state index in [1.807, 2.05) is 0 Å². The van der Waals surface area contributed by atoms with Crippen molar-refractivity contribution in [2.75, 3.05) is 13.2 Å². The molecule has 0 bridgehead atoms. The monoisotopic (exact) mass is 356 g/mol. The van der Waals surface area contributed by atoms with Crippen molar-refractivity contribution in [2.45, 2.75) is 70.7 Å². The fourth-order valence-electron chi connectivity index (χ4n) is 7.38. The first-order chi connectivity index (χ1) is 12.4. The second kappa shape index (κ2) is 5.80. The van der Waals surface area contributed by atoms with Gasteiger partial charge in [0.1, 0.15) is 0 Å². The molecule has 3 aliphatic carbocycles. The maximum Gasteiger partial charge on any atom is 0.169 e. The molecule has 1 N–H and O–H groups in total. The number of fused-ring (bicyclic) bond motifs is 5. The Bertz CT molecular complexity index is 707. The summed E-state index contributed by atoms with van der Waals surface area (Å²) >= 11 is 0. The number of aryl methyl sites for hydroxylation is 2. The van der Waals surface area contributed by atoms with Gasteiger partial charge in [-0.25, -0.2) is 0 Å².